The molecule has 3 rings (SSSR count). The number of nitrogens with one attached hydrogen (secondary N) is 1. The van der Waals surface area contributed by atoms with Crippen molar-refractivity contribution in [2.45, 2.75) is 56.9 Å². The SMILES string of the molecule is Cl.NC[C@H]1CCC[C@H]1C(=O)NCC1(N2CCOCC2)CCCCC1. The molecule has 1 saturated heterocycles. The second kappa shape index (κ2) is 9.37. The van der Waals surface area contributed by atoms with Crippen LogP contribution in [0.1, 0.15) is 51.4 Å². The van der Waals surface area contributed by atoms with Crippen LogP contribution in [-0.4, -0.2) is 55.7 Å². The Morgan fingerprint density at radius 3 is 2.50 bits per heavy atom. The molecule has 0 spiro atoms. The van der Waals surface area contributed by atoms with Crippen LogP contribution in [0.5, 0.6) is 0 Å². The predicted molar refractivity (Wildman–Crippen MR) is 98.4 cm³/mol. The van der Waals surface area contributed by atoms with Gasteiger partial charge in [0.15, 0.2) is 0 Å². The van der Waals surface area contributed by atoms with E-state index in [1.54, 1.807) is 0 Å². The lowest BCUT2D eigenvalue weighted by atomic mass is 9.79. The zero-order valence-electron chi connectivity index (χ0n) is 14.8. The number of ether oxygens (including phenoxy) is 1. The van der Waals surface area contributed by atoms with Crippen LogP contribution in [0.3, 0.4) is 0 Å². The van der Waals surface area contributed by atoms with Gasteiger partial charge in [0, 0.05) is 31.1 Å². The molecule has 1 heterocycles. The molecule has 24 heavy (non-hydrogen) atoms. The molecule has 3 fully saturated rings. The van der Waals surface area contributed by atoms with Crippen LogP contribution in [0, 0.1) is 11.8 Å². The third-order valence-electron chi connectivity index (χ3n) is 6.36. The number of halogens is 1. The van der Waals surface area contributed by atoms with Crippen molar-refractivity contribution in [1.29, 1.82) is 0 Å². The molecule has 2 saturated carbocycles. The number of hydrogen-bond acceptors (Lipinski definition) is 4. The number of morpholine rings is 1. The average Bonchev–Trinajstić information content (AvgIpc) is 3.10. The summed E-state index contributed by atoms with van der Waals surface area (Å²) in [6.07, 6.45) is 9.58. The molecule has 140 valence electrons. The summed E-state index contributed by atoms with van der Waals surface area (Å²) in [5.74, 6) is 0.780. The fraction of sp³-hybridized carbons (Fsp3) is 0.944. The molecule has 1 aliphatic heterocycles. The third kappa shape index (κ3) is 4.43. The van der Waals surface area contributed by atoms with E-state index in [0.717, 1.165) is 52.1 Å². The highest BCUT2D eigenvalue weighted by Gasteiger charge is 2.40. The first-order valence-corrected chi connectivity index (χ1v) is 9.56. The molecule has 3 aliphatic rings. The van der Waals surface area contributed by atoms with Crippen LogP contribution in [0.25, 0.3) is 0 Å². The number of hydrogen-bond donors (Lipinski definition) is 2. The smallest absolute Gasteiger partial charge is 0.223 e. The van der Waals surface area contributed by atoms with Crippen molar-refractivity contribution < 1.29 is 9.53 Å². The van der Waals surface area contributed by atoms with E-state index in [-0.39, 0.29) is 29.8 Å². The van der Waals surface area contributed by atoms with Gasteiger partial charge in [-0.25, -0.2) is 0 Å². The quantitative estimate of drug-likeness (QED) is 0.787. The van der Waals surface area contributed by atoms with Crippen LogP contribution < -0.4 is 11.1 Å². The number of nitrogens with zero attached hydrogens (tertiary/aromatic N) is 1. The Morgan fingerprint density at radius 1 is 1.12 bits per heavy atom. The molecule has 6 heteroatoms. The molecule has 0 unspecified atom stereocenters. The fourth-order valence-electron chi connectivity index (χ4n) is 4.90. The topological polar surface area (TPSA) is 67.6 Å². The highest BCUT2D eigenvalue weighted by atomic mass is 35.5. The second-order valence-electron chi connectivity index (χ2n) is 7.64. The Morgan fingerprint density at radius 2 is 1.83 bits per heavy atom. The zero-order valence-corrected chi connectivity index (χ0v) is 15.6. The van der Waals surface area contributed by atoms with Crippen molar-refractivity contribution in [3.8, 4) is 0 Å². The first-order valence-electron chi connectivity index (χ1n) is 9.56. The van der Waals surface area contributed by atoms with Crippen LogP contribution in [0.4, 0.5) is 0 Å². The van der Waals surface area contributed by atoms with Crippen LogP contribution >= 0.6 is 12.4 Å². The van der Waals surface area contributed by atoms with Crippen molar-refractivity contribution in [2.75, 3.05) is 39.4 Å². The molecule has 0 aromatic carbocycles. The van der Waals surface area contributed by atoms with Crippen molar-refractivity contribution in [3.05, 3.63) is 0 Å². The maximum Gasteiger partial charge on any atom is 0.223 e. The summed E-state index contributed by atoms with van der Waals surface area (Å²) in [7, 11) is 0. The average molecular weight is 360 g/mol. The normalized spacial score (nSPS) is 30.5. The Bertz CT molecular complexity index is 396. The number of carbonyl (C=O) groups is 1. The molecule has 0 bridgehead atoms. The van der Waals surface area contributed by atoms with E-state index in [9.17, 15) is 4.79 Å². The maximum atomic E-state index is 12.7. The standard InChI is InChI=1S/C18H33N3O2.ClH/c19-13-15-5-4-6-16(15)17(22)20-14-18(7-2-1-3-8-18)21-9-11-23-12-10-21;/h15-16H,1-14,19H2,(H,20,22);1H/t15-,16-;/m1./s1. The minimum absolute atomic E-state index is 0. The molecule has 0 radical (unpaired) electrons. The van der Waals surface area contributed by atoms with E-state index in [1.165, 1.54) is 32.1 Å². The Balaban J connectivity index is 0.00000208. The fourth-order valence-corrected chi connectivity index (χ4v) is 4.90. The monoisotopic (exact) mass is 359 g/mol. The van der Waals surface area contributed by atoms with E-state index in [1.807, 2.05) is 0 Å². The summed E-state index contributed by atoms with van der Waals surface area (Å²) in [6, 6.07) is 0. The number of nitrogens with two attached hydrogens (primary N) is 1. The van der Waals surface area contributed by atoms with Crippen molar-refractivity contribution >= 4 is 18.3 Å². The summed E-state index contributed by atoms with van der Waals surface area (Å²) >= 11 is 0. The van der Waals surface area contributed by atoms with Crippen LogP contribution in [0.15, 0.2) is 0 Å². The van der Waals surface area contributed by atoms with Gasteiger partial charge in [-0.3, -0.25) is 9.69 Å². The lowest BCUT2D eigenvalue weighted by Crippen LogP contribution is -2.60. The van der Waals surface area contributed by atoms with E-state index < -0.39 is 0 Å². The molecule has 0 aromatic heterocycles. The van der Waals surface area contributed by atoms with Gasteiger partial charge in [0.2, 0.25) is 5.91 Å². The number of amides is 1. The van der Waals surface area contributed by atoms with Gasteiger partial charge in [-0.15, -0.1) is 12.4 Å². The largest absolute Gasteiger partial charge is 0.379 e. The first kappa shape index (κ1) is 20.0. The minimum atomic E-state index is 0. The van der Waals surface area contributed by atoms with Gasteiger partial charge in [-0.1, -0.05) is 25.7 Å². The van der Waals surface area contributed by atoms with Gasteiger partial charge in [0.05, 0.1) is 13.2 Å². The Labute approximate surface area is 152 Å². The summed E-state index contributed by atoms with van der Waals surface area (Å²) in [6.45, 7) is 5.11. The molecule has 3 N–H and O–H groups in total. The maximum absolute atomic E-state index is 12.7. The van der Waals surface area contributed by atoms with E-state index in [2.05, 4.69) is 10.2 Å². The minimum Gasteiger partial charge on any atom is -0.379 e. The summed E-state index contributed by atoms with van der Waals surface area (Å²) in [4.78, 5) is 15.3. The van der Waals surface area contributed by atoms with Crippen LogP contribution in [-0.2, 0) is 9.53 Å². The van der Waals surface area contributed by atoms with Gasteiger partial charge >= 0.3 is 0 Å². The second-order valence-corrected chi connectivity index (χ2v) is 7.64. The van der Waals surface area contributed by atoms with E-state index in [4.69, 9.17) is 10.5 Å². The van der Waals surface area contributed by atoms with Crippen LogP contribution in [0.2, 0.25) is 0 Å². The zero-order chi connectivity index (χ0) is 16.1. The van der Waals surface area contributed by atoms with E-state index >= 15 is 0 Å². The summed E-state index contributed by atoms with van der Waals surface area (Å²) < 4.78 is 5.53. The van der Waals surface area contributed by atoms with Gasteiger partial charge in [0.1, 0.15) is 0 Å². The molecular weight excluding hydrogens is 326 g/mol. The van der Waals surface area contributed by atoms with Crippen molar-refractivity contribution in [1.82, 2.24) is 10.2 Å². The Kier molecular flexibility index (Phi) is 7.79. The first-order chi connectivity index (χ1) is 11.2. The number of carbonyl (C=O) groups excluding carboxylic acids is 1. The summed E-state index contributed by atoms with van der Waals surface area (Å²) in [5.41, 5.74) is 6.00. The van der Waals surface area contributed by atoms with Gasteiger partial charge in [0.25, 0.3) is 0 Å². The molecule has 2 atom stereocenters. The highest BCUT2D eigenvalue weighted by molar-refractivity contribution is 5.85. The predicted octanol–water partition coefficient (Wildman–Crippen LogP) is 1.93. The van der Waals surface area contributed by atoms with Gasteiger partial charge in [-0.05, 0) is 38.1 Å². The number of rotatable bonds is 5. The molecule has 5 nitrogen and oxygen atoms in total. The van der Waals surface area contributed by atoms with Gasteiger partial charge in [-0.2, -0.15) is 0 Å². The molecule has 1 amide bonds. The lowest BCUT2D eigenvalue weighted by molar-refractivity contribution is -0.127. The van der Waals surface area contributed by atoms with Crippen molar-refractivity contribution in [2.24, 2.45) is 17.6 Å². The van der Waals surface area contributed by atoms with E-state index in [0.29, 0.717) is 12.5 Å². The molecule has 0 aromatic rings. The highest BCUT2D eigenvalue weighted by Crippen LogP contribution is 2.35. The lowest BCUT2D eigenvalue weighted by Gasteiger charge is -2.48. The third-order valence-corrected chi connectivity index (χ3v) is 6.36. The molecular formula is C18H34ClN3O2. The summed E-state index contributed by atoms with van der Waals surface area (Å²) in [5, 5.41) is 3.32. The molecule has 2 aliphatic carbocycles. The van der Waals surface area contributed by atoms with Gasteiger partial charge < -0.3 is 15.8 Å². The van der Waals surface area contributed by atoms with Crippen molar-refractivity contribution in [3.63, 3.8) is 0 Å². The Hall–Kier alpha value is -0.360.